The molecule has 102 valence electrons. The van der Waals surface area contributed by atoms with E-state index >= 15 is 0 Å². The van der Waals surface area contributed by atoms with Crippen LogP contribution in [0.25, 0.3) is 0 Å². The topological polar surface area (TPSA) is 95.7 Å². The molecule has 4 N–H and O–H groups in total. The lowest BCUT2D eigenvalue weighted by Gasteiger charge is -2.18. The number of nitrogens with one attached hydrogen (secondary N) is 1. The van der Waals surface area contributed by atoms with E-state index in [0.717, 1.165) is 0 Å². The van der Waals surface area contributed by atoms with Crippen LogP contribution in [0.5, 0.6) is 0 Å². The Morgan fingerprint density at radius 2 is 1.94 bits per heavy atom. The highest BCUT2D eigenvalue weighted by molar-refractivity contribution is 7.89. The highest BCUT2D eigenvalue weighted by Gasteiger charge is 2.20. The molecule has 0 aliphatic rings. The van der Waals surface area contributed by atoms with Gasteiger partial charge in [-0.2, -0.15) is 0 Å². The van der Waals surface area contributed by atoms with Gasteiger partial charge in [0.1, 0.15) is 0 Å². The van der Waals surface area contributed by atoms with Crippen molar-refractivity contribution < 1.29 is 13.5 Å². The SMILES string of the molecule is CC(O)CCN(C)S(=O)(=O)c1ccc(NN)cc1. The van der Waals surface area contributed by atoms with Crippen LogP contribution in [0.4, 0.5) is 5.69 Å². The number of sulfonamides is 1. The van der Waals surface area contributed by atoms with E-state index in [0.29, 0.717) is 12.1 Å². The first-order chi connectivity index (χ1) is 8.37. The standard InChI is InChI=1S/C11H19N3O3S/c1-9(15)7-8-14(2)18(16,17)11-5-3-10(13-12)4-6-11/h3-6,9,13,15H,7-8,12H2,1-2H3. The number of nitrogens with zero attached hydrogens (tertiary/aromatic N) is 1. The zero-order chi connectivity index (χ0) is 13.8. The van der Waals surface area contributed by atoms with Crippen molar-refractivity contribution in [2.24, 2.45) is 5.84 Å². The van der Waals surface area contributed by atoms with E-state index in [9.17, 15) is 8.42 Å². The van der Waals surface area contributed by atoms with Crippen molar-refractivity contribution in [2.45, 2.75) is 24.3 Å². The Bertz CT molecular complexity index is 471. The van der Waals surface area contributed by atoms with Crippen LogP contribution in [0.3, 0.4) is 0 Å². The smallest absolute Gasteiger partial charge is 0.242 e. The van der Waals surface area contributed by atoms with Gasteiger partial charge in [-0.25, -0.2) is 12.7 Å². The van der Waals surface area contributed by atoms with Crippen LogP contribution in [0.2, 0.25) is 0 Å². The molecule has 0 saturated heterocycles. The molecule has 1 unspecified atom stereocenters. The molecule has 0 fully saturated rings. The normalized spacial score (nSPS) is 13.6. The van der Waals surface area contributed by atoms with E-state index in [2.05, 4.69) is 5.43 Å². The van der Waals surface area contributed by atoms with Crippen molar-refractivity contribution in [1.29, 1.82) is 0 Å². The number of nitrogen functional groups attached to an aromatic ring is 1. The average Bonchev–Trinajstić information content (AvgIpc) is 2.35. The summed E-state index contributed by atoms with van der Waals surface area (Å²) in [5.74, 6) is 5.21. The Labute approximate surface area is 107 Å². The molecule has 0 heterocycles. The van der Waals surface area contributed by atoms with Crippen molar-refractivity contribution in [1.82, 2.24) is 4.31 Å². The third-order valence-electron chi connectivity index (χ3n) is 2.59. The number of aliphatic hydroxyl groups is 1. The summed E-state index contributed by atoms with van der Waals surface area (Å²) >= 11 is 0. The number of hydrogen-bond acceptors (Lipinski definition) is 5. The molecule has 1 aromatic rings. The first-order valence-corrected chi connectivity index (χ1v) is 7.03. The minimum absolute atomic E-state index is 0.203. The molecule has 1 atom stereocenters. The molecule has 0 aliphatic carbocycles. The van der Waals surface area contributed by atoms with Crippen LogP contribution >= 0.6 is 0 Å². The summed E-state index contributed by atoms with van der Waals surface area (Å²) in [7, 11) is -2.01. The minimum atomic E-state index is -3.51. The Morgan fingerprint density at radius 1 is 1.39 bits per heavy atom. The van der Waals surface area contributed by atoms with Gasteiger partial charge < -0.3 is 10.5 Å². The Morgan fingerprint density at radius 3 is 2.39 bits per heavy atom. The number of hydrazine groups is 1. The highest BCUT2D eigenvalue weighted by atomic mass is 32.2. The minimum Gasteiger partial charge on any atom is -0.393 e. The summed E-state index contributed by atoms with van der Waals surface area (Å²) in [6, 6.07) is 6.16. The second-order valence-electron chi connectivity index (χ2n) is 4.13. The largest absolute Gasteiger partial charge is 0.393 e. The Balaban J connectivity index is 2.84. The van der Waals surface area contributed by atoms with Gasteiger partial charge in [0.25, 0.3) is 0 Å². The van der Waals surface area contributed by atoms with E-state index < -0.39 is 16.1 Å². The van der Waals surface area contributed by atoms with Gasteiger partial charge in [0.05, 0.1) is 11.0 Å². The lowest BCUT2D eigenvalue weighted by Crippen LogP contribution is -2.29. The molecule has 7 heteroatoms. The first kappa shape index (κ1) is 14.9. The van der Waals surface area contributed by atoms with Gasteiger partial charge in [0.15, 0.2) is 0 Å². The lowest BCUT2D eigenvalue weighted by molar-refractivity contribution is 0.177. The summed E-state index contributed by atoms with van der Waals surface area (Å²) in [5.41, 5.74) is 3.07. The van der Waals surface area contributed by atoms with E-state index in [-0.39, 0.29) is 11.4 Å². The van der Waals surface area contributed by atoms with Crippen LogP contribution < -0.4 is 11.3 Å². The van der Waals surface area contributed by atoms with Crippen LogP contribution in [-0.2, 0) is 10.0 Å². The number of benzene rings is 1. The molecule has 6 nitrogen and oxygen atoms in total. The predicted octanol–water partition coefficient (Wildman–Crippen LogP) is 0.364. The monoisotopic (exact) mass is 273 g/mol. The van der Waals surface area contributed by atoms with E-state index in [1.165, 1.54) is 23.5 Å². The van der Waals surface area contributed by atoms with Gasteiger partial charge in [-0.1, -0.05) is 0 Å². The van der Waals surface area contributed by atoms with Gasteiger partial charge in [-0.05, 0) is 37.6 Å². The fraction of sp³-hybridized carbons (Fsp3) is 0.455. The van der Waals surface area contributed by atoms with Crippen LogP contribution in [-0.4, -0.2) is 37.5 Å². The molecule has 0 bridgehead atoms. The number of aliphatic hydroxyl groups excluding tert-OH is 1. The molecule has 18 heavy (non-hydrogen) atoms. The quantitative estimate of drug-likeness (QED) is 0.514. The molecule has 1 aromatic carbocycles. The maximum absolute atomic E-state index is 12.1. The molecule has 0 saturated carbocycles. The molecular formula is C11H19N3O3S. The molecule has 0 radical (unpaired) electrons. The van der Waals surface area contributed by atoms with Crippen molar-refractivity contribution in [2.75, 3.05) is 19.0 Å². The maximum Gasteiger partial charge on any atom is 0.242 e. The van der Waals surface area contributed by atoms with Gasteiger partial charge in [-0.3, -0.25) is 5.84 Å². The fourth-order valence-electron chi connectivity index (χ4n) is 1.39. The molecule has 0 aromatic heterocycles. The van der Waals surface area contributed by atoms with Gasteiger partial charge in [0, 0.05) is 19.3 Å². The third kappa shape index (κ3) is 3.67. The molecular weight excluding hydrogens is 254 g/mol. The van der Waals surface area contributed by atoms with E-state index in [1.807, 2.05) is 0 Å². The van der Waals surface area contributed by atoms with Crippen LogP contribution in [0.15, 0.2) is 29.2 Å². The summed E-state index contributed by atoms with van der Waals surface area (Å²) in [6.45, 7) is 1.90. The summed E-state index contributed by atoms with van der Waals surface area (Å²) in [6.07, 6.45) is -0.121. The third-order valence-corrected chi connectivity index (χ3v) is 4.46. The Kier molecular flexibility index (Phi) is 5.09. The number of rotatable bonds is 6. The second-order valence-corrected chi connectivity index (χ2v) is 6.18. The zero-order valence-electron chi connectivity index (χ0n) is 10.5. The average molecular weight is 273 g/mol. The van der Waals surface area contributed by atoms with Gasteiger partial charge in [0.2, 0.25) is 10.0 Å². The van der Waals surface area contributed by atoms with Crippen molar-refractivity contribution in [3.63, 3.8) is 0 Å². The zero-order valence-corrected chi connectivity index (χ0v) is 11.3. The maximum atomic E-state index is 12.1. The lowest BCUT2D eigenvalue weighted by atomic mass is 10.3. The Hall–Kier alpha value is -1.15. The molecule has 0 aliphatic heterocycles. The number of nitrogens with two attached hydrogens (primary N) is 1. The van der Waals surface area contributed by atoms with Crippen LogP contribution in [0, 0.1) is 0 Å². The molecule has 1 rings (SSSR count). The van der Waals surface area contributed by atoms with Crippen molar-refractivity contribution in [3.05, 3.63) is 24.3 Å². The van der Waals surface area contributed by atoms with E-state index in [4.69, 9.17) is 10.9 Å². The fourth-order valence-corrected chi connectivity index (χ4v) is 2.58. The first-order valence-electron chi connectivity index (χ1n) is 5.59. The van der Waals surface area contributed by atoms with Crippen molar-refractivity contribution >= 4 is 15.7 Å². The highest BCUT2D eigenvalue weighted by Crippen LogP contribution is 2.17. The van der Waals surface area contributed by atoms with Gasteiger partial charge in [-0.15, -0.1) is 0 Å². The van der Waals surface area contributed by atoms with E-state index in [1.54, 1.807) is 19.1 Å². The second kappa shape index (κ2) is 6.14. The van der Waals surface area contributed by atoms with Crippen molar-refractivity contribution in [3.8, 4) is 0 Å². The summed E-state index contributed by atoms with van der Waals surface area (Å²) in [5, 5.41) is 9.16. The summed E-state index contributed by atoms with van der Waals surface area (Å²) in [4.78, 5) is 0.203. The molecule has 0 amide bonds. The predicted molar refractivity (Wildman–Crippen MR) is 70.4 cm³/mol. The van der Waals surface area contributed by atoms with Crippen LogP contribution in [0.1, 0.15) is 13.3 Å². The number of hydrogen-bond donors (Lipinski definition) is 3. The van der Waals surface area contributed by atoms with Gasteiger partial charge >= 0.3 is 0 Å². The summed E-state index contributed by atoms with van der Waals surface area (Å²) < 4.78 is 25.5. The molecule has 0 spiro atoms. The number of anilines is 1.